The molecule has 0 bridgehead atoms. The van der Waals surface area contributed by atoms with Crippen LogP contribution in [0.5, 0.6) is 11.5 Å². The lowest BCUT2D eigenvalue weighted by Gasteiger charge is -2.11. The van der Waals surface area contributed by atoms with E-state index < -0.39 is 5.91 Å². The van der Waals surface area contributed by atoms with Gasteiger partial charge in [-0.2, -0.15) is 5.10 Å². The van der Waals surface area contributed by atoms with Crippen LogP contribution < -0.4 is 20.2 Å². The van der Waals surface area contributed by atoms with Crippen molar-refractivity contribution in [2.24, 2.45) is 5.10 Å². The van der Waals surface area contributed by atoms with Gasteiger partial charge < -0.3 is 14.8 Å². The monoisotopic (exact) mass is 418 g/mol. The number of amides is 2. The van der Waals surface area contributed by atoms with Crippen molar-refractivity contribution in [2.45, 2.75) is 6.92 Å². The van der Waals surface area contributed by atoms with Crippen molar-refractivity contribution < 1.29 is 19.1 Å². The fourth-order valence-corrected chi connectivity index (χ4v) is 2.58. The number of rotatable bonds is 8. The molecular formula is C23H22N4O4. The van der Waals surface area contributed by atoms with Gasteiger partial charge in [0.15, 0.2) is 18.1 Å². The molecule has 0 fully saturated rings. The number of carbonyl (C=O) groups is 2. The Labute approximate surface area is 179 Å². The fourth-order valence-electron chi connectivity index (χ4n) is 2.58. The van der Waals surface area contributed by atoms with E-state index in [4.69, 9.17) is 9.47 Å². The summed E-state index contributed by atoms with van der Waals surface area (Å²) in [5, 5.41) is 6.69. The second kappa shape index (κ2) is 10.5. The Kier molecular flexibility index (Phi) is 7.31. The molecule has 0 radical (unpaired) electrons. The van der Waals surface area contributed by atoms with Crippen LogP contribution in [-0.2, 0) is 4.79 Å². The Morgan fingerprint density at radius 1 is 1.06 bits per heavy atom. The highest BCUT2D eigenvalue weighted by molar-refractivity contribution is 5.93. The van der Waals surface area contributed by atoms with E-state index in [2.05, 4.69) is 20.8 Å². The zero-order valence-electron chi connectivity index (χ0n) is 17.2. The fraction of sp³-hybridized carbons (Fsp3) is 0.130. The van der Waals surface area contributed by atoms with Gasteiger partial charge >= 0.3 is 0 Å². The number of hydrogen-bond acceptors (Lipinski definition) is 6. The summed E-state index contributed by atoms with van der Waals surface area (Å²) in [5.74, 6) is 0.150. The minimum absolute atomic E-state index is 0.169. The zero-order chi connectivity index (χ0) is 22.1. The van der Waals surface area contributed by atoms with Gasteiger partial charge in [0.2, 0.25) is 0 Å². The number of carbonyl (C=O) groups excluding carboxylic acids is 2. The first-order valence-corrected chi connectivity index (χ1v) is 9.47. The van der Waals surface area contributed by atoms with Gasteiger partial charge in [-0.15, -0.1) is 0 Å². The van der Waals surface area contributed by atoms with Crippen LogP contribution >= 0.6 is 0 Å². The van der Waals surface area contributed by atoms with Crippen LogP contribution in [0.25, 0.3) is 0 Å². The summed E-state index contributed by atoms with van der Waals surface area (Å²) in [7, 11) is 1.50. The van der Waals surface area contributed by atoms with Gasteiger partial charge in [0, 0.05) is 11.9 Å². The summed E-state index contributed by atoms with van der Waals surface area (Å²) < 4.78 is 10.9. The standard InChI is InChI=1S/C23H22N4O4/c1-16-6-9-18(10-7-16)26-22(28)15-31-20-11-8-17(13-21(20)30-2)14-25-27-23(29)19-5-3-4-12-24-19/h3-14H,15H2,1-2H3,(H,26,28)(H,27,29)/b25-14+. The van der Waals surface area contributed by atoms with Gasteiger partial charge in [-0.25, -0.2) is 5.43 Å². The molecule has 0 saturated carbocycles. The molecule has 0 unspecified atom stereocenters. The van der Waals surface area contributed by atoms with E-state index in [1.165, 1.54) is 19.5 Å². The lowest BCUT2D eigenvalue weighted by molar-refractivity contribution is -0.118. The molecule has 3 aromatic rings. The maximum atomic E-state index is 12.1. The molecule has 3 rings (SSSR count). The SMILES string of the molecule is COc1cc(/C=N/NC(=O)c2ccccn2)ccc1OCC(=O)Nc1ccc(C)cc1. The molecule has 0 aliphatic carbocycles. The van der Waals surface area contributed by atoms with Crippen LogP contribution in [0.1, 0.15) is 21.6 Å². The van der Waals surface area contributed by atoms with E-state index in [0.29, 0.717) is 22.7 Å². The second-order valence-electron chi connectivity index (χ2n) is 6.53. The number of aromatic nitrogens is 1. The summed E-state index contributed by atoms with van der Waals surface area (Å²) in [5.41, 5.74) is 5.16. The quantitative estimate of drug-likeness (QED) is 0.432. The van der Waals surface area contributed by atoms with Crippen molar-refractivity contribution in [3.63, 3.8) is 0 Å². The topological polar surface area (TPSA) is 102 Å². The number of aryl methyl sites for hydroxylation is 1. The lowest BCUT2D eigenvalue weighted by Crippen LogP contribution is -2.20. The number of ether oxygens (including phenoxy) is 2. The van der Waals surface area contributed by atoms with Gasteiger partial charge in [0.25, 0.3) is 11.8 Å². The van der Waals surface area contributed by atoms with Crippen molar-refractivity contribution >= 4 is 23.7 Å². The summed E-state index contributed by atoms with van der Waals surface area (Å²) >= 11 is 0. The first-order chi connectivity index (χ1) is 15.0. The average molecular weight is 418 g/mol. The van der Waals surface area contributed by atoms with Crippen molar-refractivity contribution in [3.05, 3.63) is 83.7 Å². The van der Waals surface area contributed by atoms with E-state index in [-0.39, 0.29) is 18.2 Å². The molecule has 1 aromatic heterocycles. The molecule has 0 spiro atoms. The molecule has 158 valence electrons. The van der Waals surface area contributed by atoms with Crippen molar-refractivity contribution in [1.82, 2.24) is 10.4 Å². The summed E-state index contributed by atoms with van der Waals surface area (Å²) in [4.78, 5) is 28.0. The molecule has 2 amide bonds. The van der Waals surface area contributed by atoms with Gasteiger partial charge in [-0.1, -0.05) is 23.8 Å². The molecule has 1 heterocycles. The largest absolute Gasteiger partial charge is 0.493 e. The lowest BCUT2D eigenvalue weighted by atomic mass is 10.2. The number of hydrazone groups is 1. The molecule has 2 aromatic carbocycles. The summed E-state index contributed by atoms with van der Waals surface area (Å²) in [6.07, 6.45) is 3.00. The number of benzene rings is 2. The molecule has 31 heavy (non-hydrogen) atoms. The van der Waals surface area contributed by atoms with Gasteiger partial charge in [0.05, 0.1) is 13.3 Å². The highest BCUT2D eigenvalue weighted by Gasteiger charge is 2.09. The number of pyridine rings is 1. The van der Waals surface area contributed by atoms with Crippen LogP contribution in [0.2, 0.25) is 0 Å². The number of methoxy groups -OCH3 is 1. The predicted octanol–water partition coefficient (Wildman–Crippen LogP) is 3.18. The Bertz CT molecular complexity index is 1070. The number of nitrogens with one attached hydrogen (secondary N) is 2. The molecule has 8 heteroatoms. The average Bonchev–Trinajstić information content (AvgIpc) is 2.80. The minimum atomic E-state index is -0.414. The van der Waals surface area contributed by atoms with Crippen LogP contribution in [0, 0.1) is 6.92 Å². The molecule has 0 saturated heterocycles. The summed E-state index contributed by atoms with van der Waals surface area (Å²) in [6, 6.07) is 17.6. The normalized spacial score (nSPS) is 10.5. The minimum Gasteiger partial charge on any atom is -0.493 e. The van der Waals surface area contributed by atoms with E-state index in [0.717, 1.165) is 5.56 Å². The van der Waals surface area contributed by atoms with Gasteiger partial charge in [-0.05, 0) is 55.0 Å². The zero-order valence-corrected chi connectivity index (χ0v) is 17.2. The number of hydrogen-bond donors (Lipinski definition) is 2. The maximum Gasteiger partial charge on any atom is 0.289 e. The van der Waals surface area contributed by atoms with Crippen LogP contribution in [0.15, 0.2) is 72.0 Å². The Morgan fingerprint density at radius 2 is 1.87 bits per heavy atom. The van der Waals surface area contributed by atoms with Crippen LogP contribution in [0.3, 0.4) is 0 Å². The Morgan fingerprint density at radius 3 is 2.58 bits per heavy atom. The molecule has 0 aliphatic heterocycles. The second-order valence-corrected chi connectivity index (χ2v) is 6.53. The summed E-state index contributed by atoms with van der Waals surface area (Å²) in [6.45, 7) is 1.81. The van der Waals surface area contributed by atoms with E-state index in [1.54, 1.807) is 36.4 Å². The third-order valence-corrected chi connectivity index (χ3v) is 4.16. The van der Waals surface area contributed by atoms with Gasteiger partial charge in [-0.3, -0.25) is 14.6 Å². The first kappa shape index (κ1) is 21.5. The third-order valence-electron chi connectivity index (χ3n) is 4.16. The molecule has 0 atom stereocenters. The van der Waals surface area contributed by atoms with E-state index >= 15 is 0 Å². The Hall–Kier alpha value is -4.20. The molecular weight excluding hydrogens is 396 g/mol. The Balaban J connectivity index is 1.56. The predicted molar refractivity (Wildman–Crippen MR) is 118 cm³/mol. The van der Waals surface area contributed by atoms with Crippen molar-refractivity contribution in [2.75, 3.05) is 19.0 Å². The maximum absolute atomic E-state index is 12.1. The van der Waals surface area contributed by atoms with Crippen molar-refractivity contribution in [3.8, 4) is 11.5 Å². The van der Waals surface area contributed by atoms with Crippen LogP contribution in [0.4, 0.5) is 5.69 Å². The highest BCUT2D eigenvalue weighted by atomic mass is 16.5. The molecule has 0 aliphatic rings. The van der Waals surface area contributed by atoms with E-state index in [1.807, 2.05) is 31.2 Å². The van der Waals surface area contributed by atoms with Crippen LogP contribution in [-0.4, -0.2) is 36.7 Å². The first-order valence-electron chi connectivity index (χ1n) is 9.47. The van der Waals surface area contributed by atoms with Gasteiger partial charge in [0.1, 0.15) is 5.69 Å². The number of nitrogens with zero attached hydrogens (tertiary/aromatic N) is 2. The van der Waals surface area contributed by atoms with Crippen molar-refractivity contribution in [1.29, 1.82) is 0 Å². The number of anilines is 1. The molecule has 2 N–H and O–H groups in total. The van der Waals surface area contributed by atoms with E-state index in [9.17, 15) is 9.59 Å². The molecule has 8 nitrogen and oxygen atoms in total. The smallest absolute Gasteiger partial charge is 0.289 e. The highest BCUT2D eigenvalue weighted by Crippen LogP contribution is 2.27. The third kappa shape index (κ3) is 6.40.